The summed E-state index contributed by atoms with van der Waals surface area (Å²) in [7, 11) is 4.10. The van der Waals surface area contributed by atoms with Crippen molar-refractivity contribution >= 4 is 0 Å². The average Bonchev–Trinajstić information content (AvgIpc) is 2.39. The molecule has 4 bridgehead atoms. The Morgan fingerprint density at radius 2 is 1.68 bits per heavy atom. The molecule has 110 valence electrons. The monoisotopic (exact) mass is 266 g/mol. The summed E-state index contributed by atoms with van der Waals surface area (Å²) in [5, 5.41) is 0. The van der Waals surface area contributed by atoms with Gasteiger partial charge in [0.2, 0.25) is 0 Å². The van der Waals surface area contributed by atoms with Gasteiger partial charge in [0.05, 0.1) is 0 Å². The fourth-order valence-corrected chi connectivity index (χ4v) is 5.77. The molecule has 0 unspecified atom stereocenters. The summed E-state index contributed by atoms with van der Waals surface area (Å²) in [4.78, 5) is 2.61. The quantitative estimate of drug-likeness (QED) is 0.748. The maximum Gasteiger partial charge on any atom is 0.0474 e. The lowest BCUT2D eigenvalue weighted by molar-refractivity contribution is -0.124. The van der Waals surface area contributed by atoms with Crippen molar-refractivity contribution in [3.8, 4) is 0 Å². The molecule has 4 aliphatic carbocycles. The van der Waals surface area contributed by atoms with Crippen molar-refractivity contribution in [1.82, 2.24) is 4.90 Å². The highest BCUT2D eigenvalue weighted by Crippen LogP contribution is 2.59. The molecule has 0 aromatic rings. The maximum atomic E-state index is 6.32. The predicted molar refractivity (Wildman–Crippen MR) is 78.0 cm³/mol. The lowest BCUT2D eigenvalue weighted by atomic mass is 9.48. The highest BCUT2D eigenvalue weighted by molar-refractivity contribution is 5.12. The minimum atomic E-state index is 0.307. The topological polar surface area (TPSA) is 38.5 Å². The van der Waals surface area contributed by atoms with E-state index >= 15 is 0 Å². The van der Waals surface area contributed by atoms with Crippen molar-refractivity contribution in [2.24, 2.45) is 29.4 Å². The summed E-state index contributed by atoms with van der Waals surface area (Å²) in [6, 6.07) is 0. The second kappa shape index (κ2) is 5.34. The fourth-order valence-electron chi connectivity index (χ4n) is 5.77. The zero-order valence-electron chi connectivity index (χ0n) is 12.6. The van der Waals surface area contributed by atoms with Gasteiger partial charge in [0, 0.05) is 32.3 Å². The fraction of sp³-hybridized carbons (Fsp3) is 1.00. The molecular formula is C16H30N2O. The molecule has 0 saturated heterocycles. The van der Waals surface area contributed by atoms with E-state index in [0.717, 1.165) is 49.8 Å². The first-order valence-corrected chi connectivity index (χ1v) is 8.11. The lowest BCUT2D eigenvalue weighted by Crippen LogP contribution is -2.68. The SMILES string of the molecule is COCCCN(C)C1(CN)C2CC3CC(C2)CC1C3. The van der Waals surface area contributed by atoms with Gasteiger partial charge >= 0.3 is 0 Å². The van der Waals surface area contributed by atoms with E-state index in [9.17, 15) is 0 Å². The van der Waals surface area contributed by atoms with Gasteiger partial charge in [-0.3, -0.25) is 4.90 Å². The molecule has 3 heteroatoms. The summed E-state index contributed by atoms with van der Waals surface area (Å²) in [5.74, 6) is 3.77. The molecule has 0 aromatic carbocycles. The minimum Gasteiger partial charge on any atom is -0.385 e. The molecule has 4 aliphatic rings. The first-order chi connectivity index (χ1) is 9.20. The number of likely N-dealkylation sites (N-methyl/N-ethyl adjacent to an activating group) is 1. The molecule has 19 heavy (non-hydrogen) atoms. The van der Waals surface area contributed by atoms with Gasteiger partial charge in [0.15, 0.2) is 0 Å². The number of methoxy groups -OCH3 is 1. The summed E-state index contributed by atoms with van der Waals surface area (Å²) in [6.45, 7) is 2.85. The Morgan fingerprint density at radius 1 is 1.11 bits per heavy atom. The van der Waals surface area contributed by atoms with Gasteiger partial charge in [0.1, 0.15) is 0 Å². The van der Waals surface area contributed by atoms with Crippen LogP contribution in [0, 0.1) is 23.7 Å². The van der Waals surface area contributed by atoms with E-state index in [2.05, 4.69) is 11.9 Å². The van der Waals surface area contributed by atoms with E-state index in [0.29, 0.717) is 5.54 Å². The second-order valence-electron chi connectivity index (χ2n) is 7.27. The molecule has 0 amide bonds. The Morgan fingerprint density at radius 3 is 2.16 bits per heavy atom. The van der Waals surface area contributed by atoms with Crippen molar-refractivity contribution in [3.05, 3.63) is 0 Å². The predicted octanol–water partition coefficient (Wildman–Crippen LogP) is 2.11. The van der Waals surface area contributed by atoms with Gasteiger partial charge in [0.25, 0.3) is 0 Å². The third-order valence-electron chi connectivity index (χ3n) is 6.43. The largest absolute Gasteiger partial charge is 0.385 e. The highest BCUT2D eigenvalue weighted by Gasteiger charge is 2.57. The van der Waals surface area contributed by atoms with Crippen LogP contribution in [0.4, 0.5) is 0 Å². The van der Waals surface area contributed by atoms with Crippen LogP contribution in [0.2, 0.25) is 0 Å². The van der Waals surface area contributed by atoms with Gasteiger partial charge < -0.3 is 10.5 Å². The van der Waals surface area contributed by atoms with Crippen LogP contribution in [0.5, 0.6) is 0 Å². The molecule has 0 spiro atoms. The number of nitrogens with zero attached hydrogens (tertiary/aromatic N) is 1. The molecular weight excluding hydrogens is 236 g/mol. The summed E-state index contributed by atoms with van der Waals surface area (Å²) in [5.41, 5.74) is 6.63. The van der Waals surface area contributed by atoms with Gasteiger partial charge in [-0.1, -0.05) is 0 Å². The molecule has 0 radical (unpaired) electrons. The number of ether oxygens (including phenoxy) is 1. The van der Waals surface area contributed by atoms with Gasteiger partial charge in [-0.15, -0.1) is 0 Å². The van der Waals surface area contributed by atoms with Crippen LogP contribution in [0.3, 0.4) is 0 Å². The van der Waals surface area contributed by atoms with Gasteiger partial charge in [-0.05, 0) is 69.2 Å². The van der Waals surface area contributed by atoms with Crippen molar-refractivity contribution < 1.29 is 4.74 Å². The molecule has 4 saturated carbocycles. The average molecular weight is 266 g/mol. The molecule has 4 rings (SSSR count). The van der Waals surface area contributed by atoms with Gasteiger partial charge in [-0.25, -0.2) is 0 Å². The Balaban J connectivity index is 1.75. The highest BCUT2D eigenvalue weighted by atomic mass is 16.5. The molecule has 3 nitrogen and oxygen atoms in total. The first kappa shape index (κ1) is 13.8. The summed E-state index contributed by atoms with van der Waals surface area (Å²) < 4.78 is 5.21. The first-order valence-electron chi connectivity index (χ1n) is 8.11. The second-order valence-corrected chi connectivity index (χ2v) is 7.27. The molecule has 0 aromatic heterocycles. The van der Waals surface area contributed by atoms with E-state index in [1.807, 2.05) is 0 Å². The smallest absolute Gasteiger partial charge is 0.0474 e. The Labute approximate surface area is 117 Å². The Bertz CT molecular complexity index is 290. The van der Waals surface area contributed by atoms with E-state index in [1.165, 1.54) is 32.1 Å². The Hall–Kier alpha value is -0.120. The number of hydrogen-bond donors (Lipinski definition) is 1. The number of nitrogens with two attached hydrogens (primary N) is 1. The van der Waals surface area contributed by atoms with E-state index in [-0.39, 0.29) is 0 Å². The third-order valence-corrected chi connectivity index (χ3v) is 6.43. The van der Waals surface area contributed by atoms with E-state index < -0.39 is 0 Å². The van der Waals surface area contributed by atoms with Crippen LogP contribution < -0.4 is 5.73 Å². The summed E-state index contributed by atoms with van der Waals surface area (Å²) in [6.07, 6.45) is 8.41. The minimum absolute atomic E-state index is 0.307. The van der Waals surface area contributed by atoms with Crippen LogP contribution >= 0.6 is 0 Å². The molecule has 0 aliphatic heterocycles. The van der Waals surface area contributed by atoms with Crippen molar-refractivity contribution in [2.75, 3.05) is 33.9 Å². The normalized spacial score (nSPS) is 44.2. The molecule has 0 heterocycles. The molecule has 4 fully saturated rings. The van der Waals surface area contributed by atoms with Crippen molar-refractivity contribution in [2.45, 2.75) is 44.1 Å². The zero-order valence-corrected chi connectivity index (χ0v) is 12.6. The van der Waals surface area contributed by atoms with Gasteiger partial charge in [-0.2, -0.15) is 0 Å². The van der Waals surface area contributed by atoms with Crippen LogP contribution in [0.15, 0.2) is 0 Å². The van der Waals surface area contributed by atoms with E-state index in [4.69, 9.17) is 10.5 Å². The van der Waals surface area contributed by atoms with Crippen molar-refractivity contribution in [3.63, 3.8) is 0 Å². The van der Waals surface area contributed by atoms with Crippen LogP contribution in [0.25, 0.3) is 0 Å². The van der Waals surface area contributed by atoms with Crippen LogP contribution in [-0.4, -0.2) is 44.3 Å². The van der Waals surface area contributed by atoms with Crippen LogP contribution in [0.1, 0.15) is 38.5 Å². The number of rotatable bonds is 6. The standard InChI is InChI=1S/C16H30N2O/c1-18(4-3-5-19-2)16(11-17)14-7-12-6-13(9-14)10-15(16)8-12/h12-15H,3-11,17H2,1-2H3. The Kier molecular flexibility index (Phi) is 3.89. The molecule has 2 N–H and O–H groups in total. The maximum absolute atomic E-state index is 6.32. The molecule has 0 atom stereocenters. The van der Waals surface area contributed by atoms with Crippen molar-refractivity contribution in [1.29, 1.82) is 0 Å². The zero-order chi connectivity index (χ0) is 13.5. The van der Waals surface area contributed by atoms with E-state index in [1.54, 1.807) is 7.11 Å². The number of hydrogen-bond acceptors (Lipinski definition) is 3. The summed E-state index contributed by atoms with van der Waals surface area (Å²) >= 11 is 0. The van der Waals surface area contributed by atoms with Crippen LogP contribution in [-0.2, 0) is 4.74 Å². The third kappa shape index (κ3) is 2.14. The lowest BCUT2D eigenvalue weighted by Gasteiger charge is -2.64.